The molecule has 0 radical (unpaired) electrons. The van der Waals surface area contributed by atoms with Crippen LogP contribution in [0.25, 0.3) is 0 Å². The summed E-state index contributed by atoms with van der Waals surface area (Å²) in [6, 6.07) is 10.7. The van der Waals surface area contributed by atoms with Gasteiger partial charge in [-0.1, -0.05) is 0 Å². The quantitative estimate of drug-likeness (QED) is 0.654. The number of anilines is 1. The van der Waals surface area contributed by atoms with Crippen molar-refractivity contribution in [1.29, 1.82) is 0 Å². The van der Waals surface area contributed by atoms with E-state index in [0.29, 0.717) is 11.3 Å². The summed E-state index contributed by atoms with van der Waals surface area (Å²) in [6.45, 7) is 2.02. The van der Waals surface area contributed by atoms with Crippen molar-refractivity contribution in [2.75, 3.05) is 5.32 Å². The van der Waals surface area contributed by atoms with E-state index in [1.807, 2.05) is 19.1 Å². The highest BCUT2D eigenvalue weighted by molar-refractivity contribution is 7.13. The zero-order valence-electron chi connectivity index (χ0n) is 12.7. The highest BCUT2D eigenvalue weighted by Crippen LogP contribution is 2.30. The maximum atomic E-state index is 12.0. The third kappa shape index (κ3) is 4.26. The average Bonchev–Trinajstić information content (AvgIpc) is 3.31. The number of carbonyl (C=O) groups excluding carboxylic acids is 2. The monoisotopic (exact) mass is 327 g/mol. The van der Waals surface area contributed by atoms with Gasteiger partial charge in [-0.2, -0.15) is 5.10 Å². The summed E-state index contributed by atoms with van der Waals surface area (Å²) in [5.41, 5.74) is 3.69. The highest BCUT2D eigenvalue weighted by atomic mass is 32.1. The van der Waals surface area contributed by atoms with Gasteiger partial charge in [0.15, 0.2) is 0 Å². The van der Waals surface area contributed by atoms with Gasteiger partial charge >= 0.3 is 0 Å². The molecule has 118 valence electrons. The van der Waals surface area contributed by atoms with Gasteiger partial charge in [0.2, 0.25) is 5.91 Å². The Balaban J connectivity index is 1.54. The Morgan fingerprint density at radius 3 is 2.52 bits per heavy atom. The Hall–Kier alpha value is -2.47. The van der Waals surface area contributed by atoms with Crippen LogP contribution in [0.3, 0.4) is 0 Å². The van der Waals surface area contributed by atoms with Crippen molar-refractivity contribution < 1.29 is 9.59 Å². The maximum absolute atomic E-state index is 12.0. The molecular weight excluding hydrogens is 310 g/mol. The first-order chi connectivity index (χ1) is 11.1. The van der Waals surface area contributed by atoms with Gasteiger partial charge in [0.05, 0.1) is 6.21 Å². The van der Waals surface area contributed by atoms with Crippen molar-refractivity contribution in [2.24, 2.45) is 11.0 Å². The van der Waals surface area contributed by atoms with E-state index in [0.717, 1.165) is 17.7 Å². The van der Waals surface area contributed by atoms with Crippen LogP contribution in [0.15, 0.2) is 41.5 Å². The molecule has 2 N–H and O–H groups in total. The van der Waals surface area contributed by atoms with Gasteiger partial charge in [0, 0.05) is 26.9 Å². The van der Waals surface area contributed by atoms with Gasteiger partial charge in [0.1, 0.15) is 0 Å². The van der Waals surface area contributed by atoms with E-state index < -0.39 is 0 Å². The topological polar surface area (TPSA) is 70.6 Å². The van der Waals surface area contributed by atoms with Crippen LogP contribution in [0, 0.1) is 12.8 Å². The summed E-state index contributed by atoms with van der Waals surface area (Å²) in [5, 5.41) is 6.79. The molecule has 1 fully saturated rings. The molecule has 0 unspecified atom stereocenters. The second-order valence-electron chi connectivity index (χ2n) is 5.49. The minimum Gasteiger partial charge on any atom is -0.326 e. The van der Waals surface area contributed by atoms with Gasteiger partial charge in [-0.05, 0) is 56.2 Å². The fourth-order valence-electron chi connectivity index (χ4n) is 2.04. The molecule has 5 nitrogen and oxygen atoms in total. The molecule has 0 atom stereocenters. The molecule has 1 heterocycles. The third-order valence-electron chi connectivity index (χ3n) is 3.48. The van der Waals surface area contributed by atoms with Crippen LogP contribution in [0.4, 0.5) is 5.69 Å². The Morgan fingerprint density at radius 2 is 1.91 bits per heavy atom. The molecular formula is C17H17N3O2S. The predicted octanol–water partition coefficient (Wildman–Crippen LogP) is 3.17. The van der Waals surface area contributed by atoms with Gasteiger partial charge in [-0.3, -0.25) is 9.59 Å². The van der Waals surface area contributed by atoms with Crippen LogP contribution >= 0.6 is 11.3 Å². The number of amides is 2. The maximum Gasteiger partial charge on any atom is 0.271 e. The number of rotatable bonds is 5. The highest BCUT2D eigenvalue weighted by Gasteiger charge is 2.29. The number of nitrogens with zero attached hydrogens (tertiary/aromatic N) is 1. The Labute approximate surface area is 138 Å². The van der Waals surface area contributed by atoms with E-state index in [1.165, 1.54) is 4.88 Å². The fraction of sp³-hybridized carbons (Fsp3) is 0.235. The van der Waals surface area contributed by atoms with Gasteiger partial charge in [-0.15, -0.1) is 11.3 Å². The molecule has 0 saturated heterocycles. The molecule has 0 bridgehead atoms. The summed E-state index contributed by atoms with van der Waals surface area (Å²) in [5.74, 6) is -0.0687. The molecule has 0 aliphatic heterocycles. The van der Waals surface area contributed by atoms with Crippen molar-refractivity contribution in [3.8, 4) is 0 Å². The summed E-state index contributed by atoms with van der Waals surface area (Å²) < 4.78 is 0. The van der Waals surface area contributed by atoms with Crippen LogP contribution in [0.2, 0.25) is 0 Å². The average molecular weight is 327 g/mol. The number of benzene rings is 1. The number of aryl methyl sites for hydroxylation is 1. The summed E-state index contributed by atoms with van der Waals surface area (Å²) in [6.07, 6.45) is 3.56. The van der Waals surface area contributed by atoms with E-state index in [2.05, 4.69) is 15.8 Å². The largest absolute Gasteiger partial charge is 0.326 e. The van der Waals surface area contributed by atoms with Crippen LogP contribution in [0.1, 0.15) is 33.0 Å². The van der Waals surface area contributed by atoms with Gasteiger partial charge in [0.25, 0.3) is 5.91 Å². The molecule has 1 saturated carbocycles. The van der Waals surface area contributed by atoms with Crippen LogP contribution in [0.5, 0.6) is 0 Å². The van der Waals surface area contributed by atoms with E-state index >= 15 is 0 Å². The van der Waals surface area contributed by atoms with Crippen LogP contribution in [-0.4, -0.2) is 18.0 Å². The minimum atomic E-state index is -0.283. The number of hydrogen-bond acceptors (Lipinski definition) is 4. The van der Waals surface area contributed by atoms with E-state index in [9.17, 15) is 9.59 Å². The van der Waals surface area contributed by atoms with Crippen molar-refractivity contribution in [3.63, 3.8) is 0 Å². The molecule has 2 aromatic rings. The molecule has 1 aromatic carbocycles. The first-order valence-corrected chi connectivity index (χ1v) is 8.24. The molecule has 0 spiro atoms. The first kappa shape index (κ1) is 15.4. The second-order valence-corrected chi connectivity index (χ2v) is 6.81. The zero-order chi connectivity index (χ0) is 16.2. The summed E-state index contributed by atoms with van der Waals surface area (Å²) in [4.78, 5) is 25.8. The normalized spacial score (nSPS) is 14.0. The minimum absolute atomic E-state index is 0.0537. The lowest BCUT2D eigenvalue weighted by molar-refractivity contribution is -0.117. The standard InChI is InChI=1S/C17H17N3O2S/c1-11-2-9-15(23-11)10-18-20-17(22)13-5-7-14(8-6-13)19-16(21)12-3-4-12/h2,5-10,12H,3-4H2,1H3,(H,19,21)(H,20,22)/b18-10+. The molecule has 6 heteroatoms. The summed E-state index contributed by atoms with van der Waals surface area (Å²) >= 11 is 1.61. The van der Waals surface area contributed by atoms with Crippen LogP contribution in [-0.2, 0) is 4.79 Å². The van der Waals surface area contributed by atoms with E-state index in [-0.39, 0.29) is 17.7 Å². The third-order valence-corrected chi connectivity index (χ3v) is 4.42. The number of hydrogen-bond donors (Lipinski definition) is 2. The first-order valence-electron chi connectivity index (χ1n) is 7.42. The Morgan fingerprint density at radius 1 is 1.17 bits per heavy atom. The lowest BCUT2D eigenvalue weighted by Crippen LogP contribution is -2.18. The van der Waals surface area contributed by atoms with Crippen molar-refractivity contribution >= 4 is 35.1 Å². The van der Waals surface area contributed by atoms with Crippen molar-refractivity contribution in [3.05, 3.63) is 51.7 Å². The molecule has 3 rings (SSSR count). The fourth-order valence-corrected chi connectivity index (χ4v) is 2.79. The van der Waals surface area contributed by atoms with Crippen molar-refractivity contribution in [2.45, 2.75) is 19.8 Å². The molecule has 1 aliphatic rings. The number of thiophene rings is 1. The lowest BCUT2D eigenvalue weighted by atomic mass is 10.2. The van der Waals surface area contributed by atoms with Gasteiger partial charge < -0.3 is 5.32 Å². The summed E-state index contributed by atoms with van der Waals surface area (Å²) in [7, 11) is 0. The number of nitrogens with one attached hydrogen (secondary N) is 2. The van der Waals surface area contributed by atoms with E-state index in [1.54, 1.807) is 41.8 Å². The molecule has 23 heavy (non-hydrogen) atoms. The SMILES string of the molecule is Cc1ccc(/C=N/NC(=O)c2ccc(NC(=O)C3CC3)cc2)s1. The van der Waals surface area contributed by atoms with Crippen molar-refractivity contribution in [1.82, 2.24) is 5.43 Å². The smallest absolute Gasteiger partial charge is 0.271 e. The van der Waals surface area contributed by atoms with Gasteiger partial charge in [-0.25, -0.2) is 5.43 Å². The molecule has 1 aliphatic carbocycles. The lowest BCUT2D eigenvalue weighted by Gasteiger charge is -2.05. The number of hydrazone groups is 1. The molecule has 2 amide bonds. The van der Waals surface area contributed by atoms with Crippen LogP contribution < -0.4 is 10.7 Å². The molecule has 1 aromatic heterocycles. The Bertz CT molecular complexity index is 745. The zero-order valence-corrected chi connectivity index (χ0v) is 13.5. The number of carbonyl (C=O) groups is 2. The second kappa shape index (κ2) is 6.75. The van der Waals surface area contributed by atoms with E-state index in [4.69, 9.17) is 0 Å². The predicted molar refractivity (Wildman–Crippen MR) is 91.9 cm³/mol. The Kier molecular flexibility index (Phi) is 4.52.